The van der Waals surface area contributed by atoms with Crippen molar-refractivity contribution in [3.8, 4) is 0 Å². The van der Waals surface area contributed by atoms with E-state index in [-0.39, 0.29) is 11.8 Å². The van der Waals surface area contributed by atoms with Crippen molar-refractivity contribution in [2.45, 2.75) is 32.1 Å². The van der Waals surface area contributed by atoms with E-state index in [4.69, 9.17) is 4.74 Å². The van der Waals surface area contributed by atoms with Crippen molar-refractivity contribution in [3.63, 3.8) is 0 Å². The van der Waals surface area contributed by atoms with Crippen molar-refractivity contribution < 1.29 is 14.3 Å². The molecular formula is C22H33N3O3. The van der Waals surface area contributed by atoms with E-state index in [1.54, 1.807) is 7.11 Å². The van der Waals surface area contributed by atoms with Gasteiger partial charge in [-0.25, -0.2) is 0 Å². The van der Waals surface area contributed by atoms with Crippen LogP contribution in [0.5, 0.6) is 0 Å². The molecule has 1 aromatic carbocycles. The summed E-state index contributed by atoms with van der Waals surface area (Å²) in [6.07, 6.45) is 3.76. The van der Waals surface area contributed by atoms with Crippen molar-refractivity contribution in [1.82, 2.24) is 15.1 Å². The Labute approximate surface area is 168 Å². The predicted molar refractivity (Wildman–Crippen MR) is 109 cm³/mol. The highest BCUT2D eigenvalue weighted by Gasteiger charge is 2.42. The van der Waals surface area contributed by atoms with Gasteiger partial charge in [0, 0.05) is 39.7 Å². The third-order valence-electron chi connectivity index (χ3n) is 6.04. The molecule has 0 saturated carbocycles. The van der Waals surface area contributed by atoms with Gasteiger partial charge < -0.3 is 19.9 Å². The number of ether oxygens (including phenoxy) is 1. The van der Waals surface area contributed by atoms with Crippen LogP contribution in [0.2, 0.25) is 0 Å². The first-order chi connectivity index (χ1) is 13.6. The zero-order valence-electron chi connectivity index (χ0n) is 17.0. The quantitative estimate of drug-likeness (QED) is 0.807. The molecule has 2 saturated heterocycles. The first-order valence-corrected chi connectivity index (χ1v) is 10.5. The lowest BCUT2D eigenvalue weighted by Crippen LogP contribution is -2.52. The van der Waals surface area contributed by atoms with Gasteiger partial charge in [0.1, 0.15) is 0 Å². The largest absolute Gasteiger partial charge is 0.384 e. The number of nitrogens with one attached hydrogen (secondary N) is 1. The fourth-order valence-electron chi connectivity index (χ4n) is 4.36. The number of aryl methyl sites for hydroxylation is 1. The third kappa shape index (κ3) is 5.11. The summed E-state index contributed by atoms with van der Waals surface area (Å²) in [4.78, 5) is 29.9. The van der Waals surface area contributed by atoms with E-state index in [2.05, 4.69) is 17.4 Å². The Morgan fingerprint density at radius 3 is 2.43 bits per heavy atom. The molecule has 2 fully saturated rings. The molecule has 1 N–H and O–H groups in total. The minimum absolute atomic E-state index is 0.187. The number of rotatable bonds is 6. The van der Waals surface area contributed by atoms with Gasteiger partial charge in [0.15, 0.2) is 0 Å². The first kappa shape index (κ1) is 20.8. The van der Waals surface area contributed by atoms with Gasteiger partial charge in [-0.2, -0.15) is 0 Å². The molecule has 0 radical (unpaired) electrons. The van der Waals surface area contributed by atoms with Crippen LogP contribution in [-0.4, -0.2) is 74.6 Å². The van der Waals surface area contributed by atoms with E-state index in [9.17, 15) is 9.59 Å². The summed E-state index contributed by atoms with van der Waals surface area (Å²) < 4.78 is 5.42. The molecule has 0 aliphatic carbocycles. The summed E-state index contributed by atoms with van der Waals surface area (Å²) in [5.74, 6) is 0.390. The number of carbonyl (C=O) groups is 2. The fourth-order valence-corrected chi connectivity index (χ4v) is 4.36. The average Bonchev–Trinajstić information content (AvgIpc) is 2.99. The summed E-state index contributed by atoms with van der Waals surface area (Å²) in [5.41, 5.74) is 0.779. The lowest BCUT2D eigenvalue weighted by molar-refractivity contribution is -0.147. The van der Waals surface area contributed by atoms with Gasteiger partial charge in [0.2, 0.25) is 11.8 Å². The highest BCUT2D eigenvalue weighted by atomic mass is 16.5. The van der Waals surface area contributed by atoms with Crippen molar-refractivity contribution in [1.29, 1.82) is 0 Å². The monoisotopic (exact) mass is 387 g/mol. The smallest absolute Gasteiger partial charge is 0.231 e. The van der Waals surface area contributed by atoms with Gasteiger partial charge in [0.25, 0.3) is 0 Å². The zero-order chi connectivity index (χ0) is 19.8. The molecule has 3 rings (SSSR count). The fraction of sp³-hybridized carbons (Fsp3) is 0.636. The van der Waals surface area contributed by atoms with Crippen LogP contribution in [0.25, 0.3) is 0 Å². The molecule has 0 bridgehead atoms. The molecule has 0 spiro atoms. The minimum Gasteiger partial charge on any atom is -0.384 e. The van der Waals surface area contributed by atoms with Crippen molar-refractivity contribution >= 4 is 11.8 Å². The van der Waals surface area contributed by atoms with Gasteiger partial charge in [-0.05, 0) is 44.3 Å². The second kappa shape index (κ2) is 10.0. The van der Waals surface area contributed by atoms with Crippen LogP contribution in [-0.2, 0) is 20.7 Å². The highest BCUT2D eigenvalue weighted by molar-refractivity contribution is 5.83. The Morgan fingerprint density at radius 2 is 1.71 bits per heavy atom. The summed E-state index contributed by atoms with van der Waals surface area (Å²) in [7, 11) is 1.67. The Kier molecular flexibility index (Phi) is 7.45. The van der Waals surface area contributed by atoms with E-state index < -0.39 is 5.41 Å². The molecule has 2 aliphatic rings. The van der Waals surface area contributed by atoms with E-state index in [0.717, 1.165) is 51.9 Å². The van der Waals surface area contributed by atoms with E-state index in [0.29, 0.717) is 26.1 Å². The number of amides is 2. The van der Waals surface area contributed by atoms with E-state index in [1.807, 2.05) is 28.0 Å². The van der Waals surface area contributed by atoms with Crippen LogP contribution in [0.3, 0.4) is 0 Å². The summed E-state index contributed by atoms with van der Waals surface area (Å²) >= 11 is 0. The average molecular weight is 388 g/mol. The molecule has 0 atom stereocenters. The molecule has 6 nitrogen and oxygen atoms in total. The van der Waals surface area contributed by atoms with Crippen LogP contribution < -0.4 is 5.32 Å². The molecule has 0 aromatic heterocycles. The minimum atomic E-state index is -0.410. The van der Waals surface area contributed by atoms with Crippen molar-refractivity contribution in [2.75, 3.05) is 53.0 Å². The molecule has 28 heavy (non-hydrogen) atoms. The number of carbonyl (C=O) groups excluding carboxylic acids is 2. The maximum Gasteiger partial charge on any atom is 0.231 e. The standard InChI is InChI=1S/C22H33N3O3/c1-28-18-22(10-12-23-13-11-22)21(27)25-15-5-14-24(16-17-25)20(26)9-8-19-6-3-2-4-7-19/h2-4,6-7,23H,5,8-18H2,1H3. The molecule has 2 amide bonds. The number of piperidine rings is 1. The summed E-state index contributed by atoms with van der Waals surface area (Å²) in [6, 6.07) is 10.1. The molecule has 0 unspecified atom stereocenters. The molecule has 154 valence electrons. The summed E-state index contributed by atoms with van der Waals surface area (Å²) in [6.45, 7) is 4.88. The van der Waals surface area contributed by atoms with Crippen LogP contribution in [0.4, 0.5) is 0 Å². The number of hydrogen-bond acceptors (Lipinski definition) is 4. The van der Waals surface area contributed by atoms with Crippen LogP contribution in [0, 0.1) is 5.41 Å². The molecule has 6 heteroatoms. The third-order valence-corrected chi connectivity index (χ3v) is 6.04. The summed E-state index contributed by atoms with van der Waals surface area (Å²) in [5, 5.41) is 3.34. The van der Waals surface area contributed by atoms with Crippen LogP contribution in [0.1, 0.15) is 31.2 Å². The Balaban J connectivity index is 1.54. The van der Waals surface area contributed by atoms with Gasteiger partial charge in [-0.15, -0.1) is 0 Å². The van der Waals surface area contributed by atoms with Gasteiger partial charge in [0.05, 0.1) is 12.0 Å². The van der Waals surface area contributed by atoms with Gasteiger partial charge >= 0.3 is 0 Å². The maximum absolute atomic E-state index is 13.3. The number of nitrogens with zero attached hydrogens (tertiary/aromatic N) is 2. The maximum atomic E-state index is 13.3. The van der Waals surface area contributed by atoms with Crippen molar-refractivity contribution in [3.05, 3.63) is 35.9 Å². The van der Waals surface area contributed by atoms with Crippen LogP contribution in [0.15, 0.2) is 30.3 Å². The topological polar surface area (TPSA) is 61.9 Å². The Hall–Kier alpha value is -1.92. The highest BCUT2D eigenvalue weighted by Crippen LogP contribution is 2.32. The normalized spacial score (nSPS) is 19.9. The van der Waals surface area contributed by atoms with Gasteiger partial charge in [-0.1, -0.05) is 30.3 Å². The van der Waals surface area contributed by atoms with Gasteiger partial charge in [-0.3, -0.25) is 9.59 Å². The zero-order valence-corrected chi connectivity index (χ0v) is 17.0. The second-order valence-electron chi connectivity index (χ2n) is 7.98. The molecular weight excluding hydrogens is 354 g/mol. The van der Waals surface area contributed by atoms with E-state index >= 15 is 0 Å². The Bertz CT molecular complexity index is 638. The number of hydrogen-bond donors (Lipinski definition) is 1. The molecule has 1 aromatic rings. The lowest BCUT2D eigenvalue weighted by atomic mass is 9.78. The SMILES string of the molecule is COCC1(C(=O)N2CCCN(C(=O)CCc3ccccc3)CC2)CCNCC1. The van der Waals surface area contributed by atoms with E-state index in [1.165, 1.54) is 5.56 Å². The number of benzene rings is 1. The van der Waals surface area contributed by atoms with Crippen LogP contribution >= 0.6 is 0 Å². The van der Waals surface area contributed by atoms with Crippen molar-refractivity contribution in [2.24, 2.45) is 5.41 Å². The Morgan fingerprint density at radius 1 is 1.04 bits per heavy atom. The predicted octanol–water partition coefficient (Wildman–Crippen LogP) is 1.70. The molecule has 2 heterocycles. The lowest BCUT2D eigenvalue weighted by Gasteiger charge is -2.39. The first-order valence-electron chi connectivity index (χ1n) is 10.5. The second-order valence-corrected chi connectivity index (χ2v) is 7.98. The number of methoxy groups -OCH3 is 1. The molecule has 2 aliphatic heterocycles.